The normalized spacial score (nSPS) is 11.1. The van der Waals surface area contributed by atoms with Gasteiger partial charge in [-0.25, -0.2) is 0 Å². The van der Waals surface area contributed by atoms with Crippen molar-refractivity contribution in [3.63, 3.8) is 0 Å². The fourth-order valence-corrected chi connectivity index (χ4v) is 4.22. The maximum absolute atomic E-state index is 12.0. The summed E-state index contributed by atoms with van der Waals surface area (Å²) < 4.78 is 11.3. The Hall–Kier alpha value is -3.33. The molecule has 0 amide bonds. The van der Waals surface area contributed by atoms with Crippen LogP contribution in [0.4, 0.5) is 0 Å². The summed E-state index contributed by atoms with van der Waals surface area (Å²) in [6, 6.07) is 28.7. The molecule has 0 bridgehead atoms. The Labute approximate surface area is 224 Å². The molecule has 3 aromatic carbocycles. The van der Waals surface area contributed by atoms with Gasteiger partial charge in [-0.1, -0.05) is 99.1 Å². The third kappa shape index (κ3) is 13.0. The molecule has 1 unspecified atom stereocenters. The molecule has 3 rings (SSSR count). The van der Waals surface area contributed by atoms with Crippen LogP contribution < -0.4 is 4.74 Å². The number of rotatable bonds is 16. The summed E-state index contributed by atoms with van der Waals surface area (Å²) in [6.45, 7) is 8.99. The first-order valence-corrected chi connectivity index (χ1v) is 13.8. The van der Waals surface area contributed by atoms with Crippen LogP contribution in [0.5, 0.6) is 5.75 Å². The first kappa shape index (κ1) is 29.9. The van der Waals surface area contributed by atoms with E-state index in [1.54, 1.807) is 0 Å². The zero-order valence-corrected chi connectivity index (χ0v) is 22.7. The number of ether oxygens (including phenoxy) is 2. The quantitative estimate of drug-likeness (QED) is 0.112. The fourth-order valence-electron chi connectivity index (χ4n) is 4.22. The average Bonchev–Trinajstić information content (AvgIpc) is 2.95. The highest BCUT2D eigenvalue weighted by Crippen LogP contribution is 2.21. The minimum Gasteiger partial charge on any atom is -0.494 e. The molecule has 0 fully saturated rings. The summed E-state index contributed by atoms with van der Waals surface area (Å²) in [5, 5.41) is 0. The van der Waals surface area contributed by atoms with E-state index in [9.17, 15) is 4.79 Å². The van der Waals surface area contributed by atoms with Crippen molar-refractivity contribution in [2.45, 2.75) is 71.8 Å². The Balaban J connectivity index is 0.00000235. The van der Waals surface area contributed by atoms with Gasteiger partial charge in [0.1, 0.15) is 12.4 Å². The zero-order chi connectivity index (χ0) is 26.6. The Kier molecular flexibility index (Phi) is 15.2. The molecule has 198 valence electrons. The second-order valence-electron chi connectivity index (χ2n) is 9.08. The molecule has 0 aliphatic rings. The highest BCUT2D eigenvalue weighted by Gasteiger charge is 2.10. The van der Waals surface area contributed by atoms with E-state index in [-0.39, 0.29) is 5.97 Å². The van der Waals surface area contributed by atoms with Gasteiger partial charge in [-0.3, -0.25) is 4.79 Å². The molecule has 0 aliphatic heterocycles. The molecule has 0 heterocycles. The number of unbranched alkanes of at least 4 members (excludes halogenated alkanes) is 1. The standard InChI is InChI=1S/C32H38O3.C2H6/c1-2-12-27(18-11-19-32(33)35-26-30-16-7-4-8-17-30)13-9-10-24-34-31-22-20-29(21-23-31)25-28-14-5-3-6-15-28;1-2/h2-8,14-17,20-23,27H,1,9-13,18-19,24-26H2;1-2H3. The Bertz CT molecular complexity index is 981. The smallest absolute Gasteiger partial charge is 0.306 e. The molecule has 3 aromatic rings. The predicted octanol–water partition coefficient (Wildman–Crippen LogP) is 8.96. The fraction of sp³-hybridized carbons (Fsp3) is 0.382. The minimum absolute atomic E-state index is 0.116. The van der Waals surface area contributed by atoms with E-state index in [1.165, 1.54) is 11.1 Å². The average molecular weight is 501 g/mol. The van der Waals surface area contributed by atoms with Crippen LogP contribution in [0.2, 0.25) is 0 Å². The van der Waals surface area contributed by atoms with E-state index in [1.807, 2.05) is 56.3 Å². The largest absolute Gasteiger partial charge is 0.494 e. The van der Waals surface area contributed by atoms with E-state index >= 15 is 0 Å². The molecule has 37 heavy (non-hydrogen) atoms. The zero-order valence-electron chi connectivity index (χ0n) is 22.7. The van der Waals surface area contributed by atoms with Gasteiger partial charge in [0.2, 0.25) is 0 Å². The number of hydrogen-bond donors (Lipinski definition) is 0. The van der Waals surface area contributed by atoms with Gasteiger partial charge in [-0.05, 0) is 73.3 Å². The number of benzene rings is 3. The van der Waals surface area contributed by atoms with Crippen LogP contribution in [0.3, 0.4) is 0 Å². The van der Waals surface area contributed by atoms with Gasteiger partial charge in [0, 0.05) is 6.42 Å². The number of hydrogen-bond acceptors (Lipinski definition) is 3. The van der Waals surface area contributed by atoms with Gasteiger partial charge < -0.3 is 9.47 Å². The topological polar surface area (TPSA) is 35.5 Å². The molecule has 0 saturated heterocycles. The second kappa shape index (κ2) is 18.9. The predicted molar refractivity (Wildman–Crippen MR) is 155 cm³/mol. The van der Waals surface area contributed by atoms with Crippen molar-refractivity contribution in [1.29, 1.82) is 0 Å². The molecule has 0 aromatic heterocycles. The summed E-state index contributed by atoms with van der Waals surface area (Å²) in [7, 11) is 0. The monoisotopic (exact) mass is 500 g/mol. The molecule has 3 heteroatoms. The highest BCUT2D eigenvalue weighted by molar-refractivity contribution is 5.69. The summed E-state index contributed by atoms with van der Waals surface area (Å²) >= 11 is 0. The summed E-state index contributed by atoms with van der Waals surface area (Å²) in [6.07, 6.45) is 9.55. The highest BCUT2D eigenvalue weighted by atomic mass is 16.5. The number of allylic oxidation sites excluding steroid dienone is 1. The molecule has 0 N–H and O–H groups in total. The van der Waals surface area contributed by atoms with Gasteiger partial charge in [-0.15, -0.1) is 6.58 Å². The Morgan fingerprint density at radius 1 is 0.784 bits per heavy atom. The van der Waals surface area contributed by atoms with Gasteiger partial charge in [0.25, 0.3) is 0 Å². The second-order valence-corrected chi connectivity index (χ2v) is 9.08. The van der Waals surface area contributed by atoms with Crippen LogP contribution in [0.15, 0.2) is 97.6 Å². The molecule has 1 atom stereocenters. The van der Waals surface area contributed by atoms with Crippen molar-refractivity contribution >= 4 is 5.97 Å². The van der Waals surface area contributed by atoms with Crippen molar-refractivity contribution in [3.05, 3.63) is 114 Å². The molecular formula is C34H44O3. The lowest BCUT2D eigenvalue weighted by molar-refractivity contribution is -0.145. The first-order chi connectivity index (χ1) is 18.2. The maximum Gasteiger partial charge on any atom is 0.306 e. The van der Waals surface area contributed by atoms with Gasteiger partial charge >= 0.3 is 5.97 Å². The molecule has 0 radical (unpaired) electrons. The molecule has 0 saturated carbocycles. The van der Waals surface area contributed by atoms with Crippen molar-refractivity contribution in [3.8, 4) is 5.75 Å². The number of esters is 1. The lowest BCUT2D eigenvalue weighted by Crippen LogP contribution is -2.07. The van der Waals surface area contributed by atoms with Crippen molar-refractivity contribution in [2.24, 2.45) is 5.92 Å². The summed E-state index contributed by atoms with van der Waals surface area (Å²) in [5.74, 6) is 1.37. The van der Waals surface area contributed by atoms with E-state index in [0.717, 1.165) is 62.9 Å². The Morgan fingerprint density at radius 2 is 1.38 bits per heavy atom. The van der Waals surface area contributed by atoms with Crippen LogP contribution in [0.25, 0.3) is 0 Å². The van der Waals surface area contributed by atoms with Gasteiger partial charge in [0.05, 0.1) is 6.61 Å². The third-order valence-electron chi connectivity index (χ3n) is 6.19. The number of carbonyl (C=O) groups excluding carboxylic acids is 1. The van der Waals surface area contributed by atoms with Gasteiger partial charge in [0.15, 0.2) is 0 Å². The van der Waals surface area contributed by atoms with E-state index in [0.29, 0.717) is 18.9 Å². The summed E-state index contributed by atoms with van der Waals surface area (Å²) in [5.41, 5.74) is 3.63. The van der Waals surface area contributed by atoms with Crippen molar-refractivity contribution in [1.82, 2.24) is 0 Å². The van der Waals surface area contributed by atoms with Crippen LogP contribution in [-0.4, -0.2) is 12.6 Å². The Morgan fingerprint density at radius 3 is 2.03 bits per heavy atom. The van der Waals surface area contributed by atoms with Crippen LogP contribution in [-0.2, 0) is 22.6 Å². The molecule has 0 aliphatic carbocycles. The van der Waals surface area contributed by atoms with Crippen molar-refractivity contribution < 1.29 is 14.3 Å². The molecule has 3 nitrogen and oxygen atoms in total. The van der Waals surface area contributed by atoms with Crippen LogP contribution in [0, 0.1) is 5.92 Å². The van der Waals surface area contributed by atoms with Gasteiger partial charge in [-0.2, -0.15) is 0 Å². The molecule has 0 spiro atoms. The first-order valence-electron chi connectivity index (χ1n) is 13.8. The van der Waals surface area contributed by atoms with E-state index < -0.39 is 0 Å². The lowest BCUT2D eigenvalue weighted by atomic mass is 9.93. The number of carbonyl (C=O) groups is 1. The van der Waals surface area contributed by atoms with Crippen LogP contribution in [0.1, 0.15) is 75.5 Å². The lowest BCUT2D eigenvalue weighted by Gasteiger charge is -2.15. The summed E-state index contributed by atoms with van der Waals surface area (Å²) in [4.78, 5) is 12.0. The third-order valence-corrected chi connectivity index (χ3v) is 6.19. The van der Waals surface area contributed by atoms with Crippen molar-refractivity contribution in [2.75, 3.05) is 6.61 Å². The molecular weight excluding hydrogens is 456 g/mol. The van der Waals surface area contributed by atoms with E-state index in [2.05, 4.69) is 55.1 Å². The van der Waals surface area contributed by atoms with E-state index in [4.69, 9.17) is 9.47 Å². The minimum atomic E-state index is -0.116. The SMILES string of the molecule is C=CCC(CCCCOc1ccc(Cc2ccccc2)cc1)CCCC(=O)OCc1ccccc1.CC. The maximum atomic E-state index is 12.0. The van der Waals surface area contributed by atoms with Crippen LogP contribution >= 0.6 is 0 Å².